The van der Waals surface area contributed by atoms with Crippen LogP contribution in [0.2, 0.25) is 0 Å². The summed E-state index contributed by atoms with van der Waals surface area (Å²) in [6.45, 7) is 5.49. The van der Waals surface area contributed by atoms with E-state index >= 15 is 0 Å². The second kappa shape index (κ2) is 4.99. The number of nitrogens with one attached hydrogen (secondary N) is 1. The highest BCUT2D eigenvalue weighted by Crippen LogP contribution is 2.62. The first-order valence-corrected chi connectivity index (χ1v) is 6.17. The zero-order chi connectivity index (χ0) is 14.0. The number of amides is 1. The Morgan fingerprint density at radius 1 is 1.44 bits per heavy atom. The van der Waals surface area contributed by atoms with E-state index in [4.69, 9.17) is 10.5 Å². The van der Waals surface area contributed by atoms with Crippen molar-refractivity contribution in [2.75, 3.05) is 13.1 Å². The molecule has 0 spiro atoms. The molecule has 1 atom stereocenters. The monoisotopic (exact) mass is 264 g/mol. The third-order valence-electron chi connectivity index (χ3n) is 3.04. The van der Waals surface area contributed by atoms with Crippen molar-refractivity contribution < 1.29 is 18.3 Å². The van der Waals surface area contributed by atoms with E-state index in [0.29, 0.717) is 19.4 Å². The fraction of sp³-hybridized carbons (Fsp3) is 0.917. The Morgan fingerprint density at radius 3 is 2.39 bits per heavy atom. The molecule has 1 rings (SSSR count). The van der Waals surface area contributed by atoms with Gasteiger partial charge in [-0.1, -0.05) is 0 Å². The number of hydrogen-bond donors (Lipinski definition) is 2. The zero-order valence-corrected chi connectivity index (χ0v) is 11.2. The summed E-state index contributed by atoms with van der Waals surface area (Å²) in [5.74, 6) is -2.70. The predicted octanol–water partition coefficient (Wildman–Crippen LogP) is 2.28. The van der Waals surface area contributed by atoms with E-state index in [-0.39, 0.29) is 13.0 Å². The van der Waals surface area contributed by atoms with Gasteiger partial charge in [0.25, 0.3) is 5.92 Å². The van der Waals surface area contributed by atoms with E-state index < -0.39 is 23.0 Å². The first-order valence-electron chi connectivity index (χ1n) is 6.17. The lowest BCUT2D eigenvalue weighted by Gasteiger charge is -2.22. The van der Waals surface area contributed by atoms with Gasteiger partial charge in [-0.3, -0.25) is 0 Å². The van der Waals surface area contributed by atoms with Crippen molar-refractivity contribution in [2.45, 2.75) is 51.6 Å². The van der Waals surface area contributed by atoms with Gasteiger partial charge in [0.15, 0.2) is 0 Å². The fourth-order valence-electron chi connectivity index (χ4n) is 1.93. The molecule has 4 nitrogen and oxygen atoms in total. The molecule has 1 fully saturated rings. The molecule has 0 aromatic heterocycles. The van der Waals surface area contributed by atoms with Crippen LogP contribution in [0.3, 0.4) is 0 Å². The number of ether oxygens (including phenoxy) is 1. The average Bonchev–Trinajstić information content (AvgIpc) is 2.73. The number of nitrogens with two attached hydrogens (primary N) is 1. The zero-order valence-electron chi connectivity index (χ0n) is 11.2. The minimum absolute atomic E-state index is 0.0606. The normalized spacial score (nSPS) is 25.7. The maximum absolute atomic E-state index is 13.3. The number of carbonyl (C=O) groups excluding carboxylic acids is 1. The average molecular weight is 264 g/mol. The first kappa shape index (κ1) is 15.1. The molecule has 0 aromatic carbocycles. The van der Waals surface area contributed by atoms with Crippen LogP contribution in [0.15, 0.2) is 0 Å². The van der Waals surface area contributed by atoms with Gasteiger partial charge in [-0.25, -0.2) is 13.6 Å². The molecule has 0 saturated heterocycles. The summed E-state index contributed by atoms with van der Waals surface area (Å²) in [4.78, 5) is 11.4. The Kier molecular flexibility index (Phi) is 4.20. The third-order valence-corrected chi connectivity index (χ3v) is 3.04. The molecule has 0 bridgehead atoms. The Balaban J connectivity index is 2.43. The van der Waals surface area contributed by atoms with Crippen molar-refractivity contribution in [1.29, 1.82) is 0 Å². The van der Waals surface area contributed by atoms with Crippen LogP contribution >= 0.6 is 0 Å². The SMILES string of the molecule is CC(C)(C)OC(=O)NCC1(CCCN)CC1(F)F. The van der Waals surface area contributed by atoms with Crippen molar-refractivity contribution in [2.24, 2.45) is 11.1 Å². The second-order valence-electron chi connectivity index (χ2n) is 5.91. The molecule has 0 heterocycles. The van der Waals surface area contributed by atoms with E-state index in [1.807, 2.05) is 0 Å². The minimum Gasteiger partial charge on any atom is -0.444 e. The van der Waals surface area contributed by atoms with Crippen LogP contribution in [0.5, 0.6) is 0 Å². The first-order chi connectivity index (χ1) is 8.12. The van der Waals surface area contributed by atoms with Crippen LogP contribution in [0.25, 0.3) is 0 Å². The molecule has 1 unspecified atom stereocenters. The Hall–Kier alpha value is -0.910. The maximum Gasteiger partial charge on any atom is 0.407 e. The highest BCUT2D eigenvalue weighted by molar-refractivity contribution is 5.67. The van der Waals surface area contributed by atoms with Crippen LogP contribution < -0.4 is 11.1 Å². The molecule has 1 saturated carbocycles. The van der Waals surface area contributed by atoms with E-state index in [1.54, 1.807) is 20.8 Å². The van der Waals surface area contributed by atoms with Gasteiger partial charge in [0.1, 0.15) is 5.60 Å². The van der Waals surface area contributed by atoms with Crippen LogP contribution in [0.1, 0.15) is 40.0 Å². The lowest BCUT2D eigenvalue weighted by Crippen LogP contribution is -2.37. The molecule has 3 N–H and O–H groups in total. The quantitative estimate of drug-likeness (QED) is 0.800. The van der Waals surface area contributed by atoms with Gasteiger partial charge in [0, 0.05) is 13.0 Å². The molecular weight excluding hydrogens is 242 g/mol. The molecule has 106 valence electrons. The summed E-state index contributed by atoms with van der Waals surface area (Å²) in [6.07, 6.45) is 0.0190. The summed E-state index contributed by atoms with van der Waals surface area (Å²) in [5, 5.41) is 2.42. The minimum atomic E-state index is -2.70. The van der Waals surface area contributed by atoms with E-state index in [9.17, 15) is 13.6 Å². The third kappa shape index (κ3) is 3.80. The van der Waals surface area contributed by atoms with Gasteiger partial charge in [0.05, 0.1) is 5.41 Å². The molecule has 18 heavy (non-hydrogen) atoms. The number of alkyl carbamates (subject to hydrolysis) is 1. The molecule has 0 aromatic rings. The van der Waals surface area contributed by atoms with Crippen molar-refractivity contribution in [3.05, 3.63) is 0 Å². The van der Waals surface area contributed by atoms with Crippen molar-refractivity contribution >= 4 is 6.09 Å². The predicted molar refractivity (Wildman–Crippen MR) is 64.5 cm³/mol. The number of hydrogen-bond acceptors (Lipinski definition) is 3. The molecule has 1 aliphatic carbocycles. The second-order valence-corrected chi connectivity index (χ2v) is 5.91. The van der Waals surface area contributed by atoms with E-state index in [0.717, 1.165) is 0 Å². The van der Waals surface area contributed by atoms with Gasteiger partial charge in [-0.15, -0.1) is 0 Å². The highest BCUT2D eigenvalue weighted by Gasteiger charge is 2.70. The lowest BCUT2D eigenvalue weighted by atomic mass is 9.99. The summed E-state index contributed by atoms with van der Waals surface area (Å²) in [5.41, 5.74) is 3.59. The van der Waals surface area contributed by atoms with Crippen LogP contribution in [-0.2, 0) is 4.74 Å². The van der Waals surface area contributed by atoms with Gasteiger partial charge in [-0.05, 0) is 40.2 Å². The van der Waals surface area contributed by atoms with E-state index in [1.165, 1.54) is 0 Å². The number of rotatable bonds is 5. The molecule has 0 aliphatic heterocycles. The number of alkyl halides is 2. The lowest BCUT2D eigenvalue weighted by molar-refractivity contribution is 0.0420. The summed E-state index contributed by atoms with van der Waals surface area (Å²) in [6, 6.07) is 0. The van der Waals surface area contributed by atoms with Crippen molar-refractivity contribution in [3.8, 4) is 0 Å². The smallest absolute Gasteiger partial charge is 0.407 e. The van der Waals surface area contributed by atoms with Crippen molar-refractivity contribution in [3.63, 3.8) is 0 Å². The fourth-order valence-corrected chi connectivity index (χ4v) is 1.93. The Labute approximate surface area is 106 Å². The summed E-state index contributed by atoms with van der Waals surface area (Å²) in [7, 11) is 0. The Bertz CT molecular complexity index is 316. The van der Waals surface area contributed by atoms with Crippen LogP contribution in [0.4, 0.5) is 13.6 Å². The number of carbonyl (C=O) groups is 1. The standard InChI is InChI=1S/C12H22F2N2O2/c1-10(2,3)18-9(17)16-8-11(5-4-6-15)7-12(11,13)14/h4-8,15H2,1-3H3,(H,16,17). The van der Waals surface area contributed by atoms with E-state index in [2.05, 4.69) is 5.32 Å². The van der Waals surface area contributed by atoms with Gasteiger partial charge in [0.2, 0.25) is 0 Å². The summed E-state index contributed by atoms with van der Waals surface area (Å²) >= 11 is 0. The Morgan fingerprint density at radius 2 is 2.00 bits per heavy atom. The number of halogens is 2. The molecule has 1 amide bonds. The van der Waals surface area contributed by atoms with Crippen molar-refractivity contribution in [1.82, 2.24) is 5.32 Å². The van der Waals surface area contributed by atoms with Crippen LogP contribution in [-0.4, -0.2) is 30.7 Å². The summed E-state index contributed by atoms with van der Waals surface area (Å²) < 4.78 is 31.7. The maximum atomic E-state index is 13.3. The van der Waals surface area contributed by atoms with Crippen LogP contribution in [0, 0.1) is 5.41 Å². The molecular formula is C12H22F2N2O2. The molecule has 1 aliphatic rings. The van der Waals surface area contributed by atoms with Gasteiger partial charge >= 0.3 is 6.09 Å². The van der Waals surface area contributed by atoms with Gasteiger partial charge < -0.3 is 15.8 Å². The topological polar surface area (TPSA) is 64.3 Å². The highest BCUT2D eigenvalue weighted by atomic mass is 19.3. The largest absolute Gasteiger partial charge is 0.444 e. The molecule has 6 heteroatoms. The molecule has 0 radical (unpaired) electrons. The van der Waals surface area contributed by atoms with Gasteiger partial charge in [-0.2, -0.15) is 0 Å².